The van der Waals surface area contributed by atoms with E-state index in [2.05, 4.69) is 34.3 Å². The van der Waals surface area contributed by atoms with Crippen molar-refractivity contribution >= 4 is 5.84 Å². The third kappa shape index (κ3) is 4.15. The number of rotatable bonds is 4. The van der Waals surface area contributed by atoms with Crippen molar-refractivity contribution in [3.05, 3.63) is 65.5 Å². The minimum absolute atomic E-state index is 0.0928. The van der Waals surface area contributed by atoms with Crippen LogP contribution in [-0.2, 0) is 6.42 Å². The molecule has 0 bridgehead atoms. The molecule has 4 heteroatoms. The summed E-state index contributed by atoms with van der Waals surface area (Å²) in [7, 11) is 0. The maximum atomic E-state index is 8.87. The highest BCUT2D eigenvalue weighted by molar-refractivity contribution is 5.85. The number of nitriles is 1. The molecule has 1 atom stereocenters. The number of pyridine rings is 1. The fourth-order valence-electron chi connectivity index (χ4n) is 2.14. The summed E-state index contributed by atoms with van der Waals surface area (Å²) >= 11 is 0. The predicted molar refractivity (Wildman–Crippen MR) is 83.7 cm³/mol. The monoisotopic (exact) mass is 278 g/mol. The van der Waals surface area contributed by atoms with E-state index in [1.54, 1.807) is 6.20 Å². The molecule has 4 nitrogen and oxygen atoms in total. The van der Waals surface area contributed by atoms with E-state index in [1.807, 2.05) is 43.4 Å². The highest BCUT2D eigenvalue weighted by Crippen LogP contribution is 2.12. The number of hydrogen-bond donors (Lipinski definition) is 1. The zero-order chi connectivity index (χ0) is 15.1. The van der Waals surface area contributed by atoms with E-state index in [1.165, 1.54) is 0 Å². The van der Waals surface area contributed by atoms with Gasteiger partial charge in [0.2, 0.25) is 6.19 Å². The molecule has 0 unspecified atom stereocenters. The van der Waals surface area contributed by atoms with Gasteiger partial charge in [-0.05, 0) is 31.0 Å². The van der Waals surface area contributed by atoms with Crippen LogP contribution in [0, 0.1) is 18.4 Å². The van der Waals surface area contributed by atoms with Gasteiger partial charge in [-0.15, -0.1) is 0 Å². The number of aliphatic imine (C=N–C) groups is 1. The molecule has 0 spiro atoms. The van der Waals surface area contributed by atoms with Gasteiger partial charge in [-0.2, -0.15) is 10.3 Å². The summed E-state index contributed by atoms with van der Waals surface area (Å²) in [6.07, 6.45) is 4.21. The molecule has 0 aliphatic carbocycles. The molecule has 0 saturated carbocycles. The molecule has 0 radical (unpaired) electrons. The van der Waals surface area contributed by atoms with Crippen LogP contribution in [0.3, 0.4) is 0 Å². The fraction of sp³-hybridized carbons (Fsp3) is 0.235. The molecule has 1 N–H and O–H groups in total. The third-order valence-electron chi connectivity index (χ3n) is 3.34. The lowest BCUT2D eigenvalue weighted by atomic mass is 10.1. The minimum atomic E-state index is 0.0928. The number of aromatic nitrogens is 1. The van der Waals surface area contributed by atoms with Crippen molar-refractivity contribution in [2.75, 3.05) is 0 Å². The highest BCUT2D eigenvalue weighted by Gasteiger charge is 2.10. The second-order valence-corrected chi connectivity index (χ2v) is 4.86. The van der Waals surface area contributed by atoms with Gasteiger partial charge in [-0.25, -0.2) is 0 Å². The number of hydrogen-bond acceptors (Lipinski definition) is 3. The Morgan fingerprint density at radius 3 is 2.71 bits per heavy atom. The van der Waals surface area contributed by atoms with Crippen LogP contribution in [0.1, 0.15) is 29.8 Å². The average molecular weight is 278 g/mol. The topological polar surface area (TPSA) is 61.1 Å². The maximum absolute atomic E-state index is 8.87. The Hall–Kier alpha value is -2.67. The van der Waals surface area contributed by atoms with Crippen molar-refractivity contribution in [1.29, 1.82) is 5.26 Å². The first-order chi connectivity index (χ1) is 10.2. The summed E-state index contributed by atoms with van der Waals surface area (Å²) in [6.45, 7) is 4.01. The first-order valence-electron chi connectivity index (χ1n) is 6.88. The van der Waals surface area contributed by atoms with Crippen molar-refractivity contribution in [3.8, 4) is 6.19 Å². The molecule has 0 aliphatic rings. The molecule has 0 fully saturated rings. The minimum Gasteiger partial charge on any atom is -0.366 e. The van der Waals surface area contributed by atoms with Gasteiger partial charge in [0.1, 0.15) is 5.84 Å². The van der Waals surface area contributed by atoms with E-state index in [0.29, 0.717) is 12.3 Å². The normalized spacial score (nSPS) is 12.5. The second-order valence-electron chi connectivity index (χ2n) is 4.86. The molecule has 21 heavy (non-hydrogen) atoms. The first-order valence-corrected chi connectivity index (χ1v) is 6.88. The van der Waals surface area contributed by atoms with Crippen LogP contribution in [0.15, 0.2) is 53.7 Å². The standard InChI is InChI=1S/C17H18N4/c1-13-16(9-6-10-19-13)11-17(20-12-18)21-14(2)15-7-4-3-5-8-15/h3-10,14H,11H2,1-2H3,(H,20,21)/t14-/m1/s1. The predicted octanol–water partition coefficient (Wildman–Crippen LogP) is 3.16. The molecule has 1 heterocycles. The van der Waals surface area contributed by atoms with E-state index in [-0.39, 0.29) is 6.04 Å². The lowest BCUT2D eigenvalue weighted by Gasteiger charge is -2.17. The first kappa shape index (κ1) is 14.7. The molecule has 0 amide bonds. The summed E-state index contributed by atoms with van der Waals surface area (Å²) in [5, 5.41) is 12.2. The SMILES string of the molecule is Cc1ncccc1C/C(=N\C#N)N[C@H](C)c1ccccc1. The summed E-state index contributed by atoms with van der Waals surface area (Å²) in [4.78, 5) is 8.17. The molecular weight excluding hydrogens is 260 g/mol. The van der Waals surface area contributed by atoms with Gasteiger partial charge in [0.15, 0.2) is 0 Å². The molecule has 0 saturated heterocycles. The second kappa shape index (κ2) is 7.20. The van der Waals surface area contributed by atoms with Crippen LogP contribution < -0.4 is 5.32 Å². The number of nitrogens with one attached hydrogen (secondary N) is 1. The van der Waals surface area contributed by atoms with E-state index in [0.717, 1.165) is 16.8 Å². The Bertz CT molecular complexity index is 656. The van der Waals surface area contributed by atoms with Crippen molar-refractivity contribution in [1.82, 2.24) is 10.3 Å². The molecule has 0 aliphatic heterocycles. The maximum Gasteiger partial charge on any atom is 0.207 e. The fourth-order valence-corrected chi connectivity index (χ4v) is 2.14. The van der Waals surface area contributed by atoms with Crippen molar-refractivity contribution < 1.29 is 0 Å². The molecular formula is C17H18N4. The smallest absolute Gasteiger partial charge is 0.207 e. The van der Waals surface area contributed by atoms with Crippen molar-refractivity contribution in [2.24, 2.45) is 4.99 Å². The van der Waals surface area contributed by atoms with Crippen LogP contribution in [-0.4, -0.2) is 10.8 Å². The Labute approximate surface area is 125 Å². The van der Waals surface area contributed by atoms with Gasteiger partial charge >= 0.3 is 0 Å². The van der Waals surface area contributed by atoms with E-state index in [9.17, 15) is 0 Å². The van der Waals surface area contributed by atoms with E-state index in [4.69, 9.17) is 5.26 Å². The van der Waals surface area contributed by atoms with Crippen LogP contribution in [0.2, 0.25) is 0 Å². The Morgan fingerprint density at radius 1 is 1.29 bits per heavy atom. The molecule has 1 aromatic carbocycles. The molecule has 1 aromatic heterocycles. The van der Waals surface area contributed by atoms with E-state index < -0.39 is 0 Å². The van der Waals surface area contributed by atoms with E-state index >= 15 is 0 Å². The van der Waals surface area contributed by atoms with Gasteiger partial charge in [-0.1, -0.05) is 36.4 Å². The highest BCUT2D eigenvalue weighted by atomic mass is 15.0. The summed E-state index contributed by atoms with van der Waals surface area (Å²) in [5.74, 6) is 0.657. The van der Waals surface area contributed by atoms with Gasteiger partial charge in [-0.3, -0.25) is 4.98 Å². The summed E-state index contributed by atoms with van der Waals surface area (Å²) in [6, 6.07) is 14.1. The number of nitrogens with zero attached hydrogens (tertiary/aromatic N) is 3. The van der Waals surface area contributed by atoms with Gasteiger partial charge in [0.05, 0.1) is 0 Å². The lowest BCUT2D eigenvalue weighted by Crippen LogP contribution is -2.28. The Balaban J connectivity index is 2.12. The molecule has 106 valence electrons. The number of benzene rings is 1. The van der Waals surface area contributed by atoms with Gasteiger partial charge < -0.3 is 5.32 Å². The summed E-state index contributed by atoms with van der Waals surface area (Å²) in [5.41, 5.74) is 3.18. The quantitative estimate of drug-likeness (QED) is 0.531. The van der Waals surface area contributed by atoms with Crippen LogP contribution in [0.4, 0.5) is 0 Å². The van der Waals surface area contributed by atoms with Gasteiger partial charge in [0, 0.05) is 24.4 Å². The molecule has 2 rings (SSSR count). The molecule has 2 aromatic rings. The average Bonchev–Trinajstić information content (AvgIpc) is 2.50. The summed E-state index contributed by atoms with van der Waals surface area (Å²) < 4.78 is 0. The van der Waals surface area contributed by atoms with Crippen LogP contribution in [0.25, 0.3) is 0 Å². The lowest BCUT2D eigenvalue weighted by molar-refractivity contribution is 0.708. The van der Waals surface area contributed by atoms with Crippen molar-refractivity contribution in [3.63, 3.8) is 0 Å². The largest absolute Gasteiger partial charge is 0.366 e. The van der Waals surface area contributed by atoms with Crippen LogP contribution >= 0.6 is 0 Å². The Kier molecular flexibility index (Phi) is 5.05. The van der Waals surface area contributed by atoms with Crippen molar-refractivity contribution in [2.45, 2.75) is 26.3 Å². The number of amidine groups is 1. The number of aryl methyl sites for hydroxylation is 1. The zero-order valence-corrected chi connectivity index (χ0v) is 12.2. The third-order valence-corrected chi connectivity index (χ3v) is 3.34. The zero-order valence-electron chi connectivity index (χ0n) is 12.2. The Morgan fingerprint density at radius 2 is 2.05 bits per heavy atom. The van der Waals surface area contributed by atoms with Gasteiger partial charge in [0.25, 0.3) is 0 Å². The van der Waals surface area contributed by atoms with Crippen LogP contribution in [0.5, 0.6) is 0 Å².